The number of hydrogen-bond donors (Lipinski definition) is 0. The summed E-state index contributed by atoms with van der Waals surface area (Å²) in [4.78, 5) is 22.2. The number of sulfonamides is 1. The number of rotatable bonds is 7. The van der Waals surface area contributed by atoms with Crippen LogP contribution in [0.4, 0.5) is 11.4 Å². The lowest BCUT2D eigenvalue weighted by Gasteiger charge is -2.29. The van der Waals surface area contributed by atoms with Crippen molar-refractivity contribution >= 4 is 39.0 Å². The van der Waals surface area contributed by atoms with Gasteiger partial charge in [-0.3, -0.25) is 14.4 Å². The van der Waals surface area contributed by atoms with Crippen molar-refractivity contribution in [3.8, 4) is 0 Å². The van der Waals surface area contributed by atoms with Crippen molar-refractivity contribution in [3.05, 3.63) is 63.7 Å². The molecule has 0 bridgehead atoms. The van der Waals surface area contributed by atoms with E-state index in [1.165, 1.54) is 31.2 Å². The molecule has 10 heteroatoms. The molecule has 0 heterocycles. The lowest BCUT2D eigenvalue weighted by Crippen LogP contribution is -2.44. The third-order valence-corrected chi connectivity index (χ3v) is 5.83. The number of esters is 1. The number of benzene rings is 2. The zero-order valence-corrected chi connectivity index (χ0v) is 16.1. The van der Waals surface area contributed by atoms with Gasteiger partial charge in [0.2, 0.25) is 0 Å². The SMILES string of the molecule is CCOC(=O)[C@@H](C)N(c1ccc(Cl)cc1)S(=O)(=O)c1ccc([N+](=O)[O-])cc1. The van der Waals surface area contributed by atoms with Crippen molar-refractivity contribution in [1.29, 1.82) is 0 Å². The molecule has 0 amide bonds. The topological polar surface area (TPSA) is 107 Å². The highest BCUT2D eigenvalue weighted by Gasteiger charge is 2.34. The third-order valence-electron chi connectivity index (χ3n) is 3.66. The Morgan fingerprint density at radius 2 is 1.74 bits per heavy atom. The summed E-state index contributed by atoms with van der Waals surface area (Å²) in [5.74, 6) is -0.724. The van der Waals surface area contributed by atoms with Crippen LogP contribution in [0.25, 0.3) is 0 Å². The van der Waals surface area contributed by atoms with E-state index in [0.717, 1.165) is 28.6 Å². The predicted octanol–water partition coefficient (Wildman–Crippen LogP) is 3.40. The molecule has 0 unspecified atom stereocenters. The Balaban J connectivity index is 2.55. The van der Waals surface area contributed by atoms with Crippen LogP contribution in [0.15, 0.2) is 53.4 Å². The molecule has 0 radical (unpaired) electrons. The van der Waals surface area contributed by atoms with Crippen LogP contribution in [0.3, 0.4) is 0 Å². The minimum Gasteiger partial charge on any atom is -0.464 e. The van der Waals surface area contributed by atoms with Gasteiger partial charge in [-0.2, -0.15) is 0 Å². The Morgan fingerprint density at radius 3 is 2.22 bits per heavy atom. The van der Waals surface area contributed by atoms with Crippen LogP contribution in [0.2, 0.25) is 5.02 Å². The average molecular weight is 413 g/mol. The molecule has 0 saturated heterocycles. The van der Waals surface area contributed by atoms with Gasteiger partial charge in [-0.05, 0) is 50.2 Å². The molecule has 0 aromatic heterocycles. The molecule has 2 aromatic carbocycles. The number of nitro groups is 1. The molecule has 0 aliphatic rings. The van der Waals surface area contributed by atoms with Crippen molar-refractivity contribution in [1.82, 2.24) is 0 Å². The molecule has 144 valence electrons. The van der Waals surface area contributed by atoms with Gasteiger partial charge in [0.1, 0.15) is 6.04 Å². The summed E-state index contributed by atoms with van der Waals surface area (Å²) in [6.07, 6.45) is 0. The zero-order valence-electron chi connectivity index (χ0n) is 14.5. The smallest absolute Gasteiger partial charge is 0.329 e. The van der Waals surface area contributed by atoms with Gasteiger partial charge >= 0.3 is 5.97 Å². The van der Waals surface area contributed by atoms with E-state index in [4.69, 9.17) is 16.3 Å². The molecule has 2 aromatic rings. The van der Waals surface area contributed by atoms with Gasteiger partial charge < -0.3 is 4.74 Å². The molecule has 1 atom stereocenters. The number of halogens is 1. The van der Waals surface area contributed by atoms with Crippen LogP contribution in [0, 0.1) is 10.1 Å². The first-order chi connectivity index (χ1) is 12.7. The molecule has 27 heavy (non-hydrogen) atoms. The summed E-state index contributed by atoms with van der Waals surface area (Å²) in [5, 5.41) is 11.2. The fourth-order valence-corrected chi connectivity index (χ4v) is 4.11. The van der Waals surface area contributed by atoms with Crippen molar-refractivity contribution < 1.29 is 22.9 Å². The number of non-ortho nitro benzene ring substituents is 1. The highest BCUT2D eigenvalue weighted by atomic mass is 35.5. The van der Waals surface area contributed by atoms with Gasteiger partial charge in [-0.1, -0.05) is 11.6 Å². The number of carbonyl (C=O) groups excluding carboxylic acids is 1. The minimum atomic E-state index is -4.21. The number of anilines is 1. The fourth-order valence-electron chi connectivity index (χ4n) is 2.37. The van der Waals surface area contributed by atoms with Gasteiger partial charge in [-0.25, -0.2) is 13.2 Å². The molecule has 0 fully saturated rings. The predicted molar refractivity (Wildman–Crippen MR) is 100 cm³/mol. The molecule has 0 N–H and O–H groups in total. The number of nitrogens with zero attached hydrogens (tertiary/aromatic N) is 2. The van der Waals surface area contributed by atoms with E-state index < -0.39 is 27.0 Å². The highest BCUT2D eigenvalue weighted by molar-refractivity contribution is 7.92. The number of nitro benzene ring substituents is 1. The Hall–Kier alpha value is -2.65. The number of hydrogen-bond acceptors (Lipinski definition) is 6. The summed E-state index contributed by atoms with van der Waals surface area (Å²) in [7, 11) is -4.21. The van der Waals surface area contributed by atoms with Crippen molar-refractivity contribution in [2.24, 2.45) is 0 Å². The first-order valence-electron chi connectivity index (χ1n) is 7.89. The van der Waals surface area contributed by atoms with E-state index in [1.54, 1.807) is 6.92 Å². The summed E-state index contributed by atoms with van der Waals surface area (Å²) >= 11 is 5.86. The van der Waals surface area contributed by atoms with E-state index >= 15 is 0 Å². The Labute approximate surface area is 161 Å². The monoisotopic (exact) mass is 412 g/mol. The minimum absolute atomic E-state index is 0.0925. The van der Waals surface area contributed by atoms with Crippen LogP contribution in [-0.4, -0.2) is 32.0 Å². The van der Waals surface area contributed by atoms with E-state index in [2.05, 4.69) is 0 Å². The van der Waals surface area contributed by atoms with Gasteiger partial charge in [0, 0.05) is 17.2 Å². The molecule has 0 aliphatic heterocycles. The van der Waals surface area contributed by atoms with Gasteiger partial charge in [0.15, 0.2) is 0 Å². The van der Waals surface area contributed by atoms with E-state index in [0.29, 0.717) is 5.02 Å². The van der Waals surface area contributed by atoms with Gasteiger partial charge in [0.25, 0.3) is 15.7 Å². The average Bonchev–Trinajstić information content (AvgIpc) is 2.63. The van der Waals surface area contributed by atoms with Crippen LogP contribution in [-0.2, 0) is 19.6 Å². The maximum Gasteiger partial charge on any atom is 0.329 e. The lowest BCUT2D eigenvalue weighted by molar-refractivity contribution is -0.384. The van der Waals surface area contributed by atoms with Crippen molar-refractivity contribution in [2.75, 3.05) is 10.9 Å². The Morgan fingerprint density at radius 1 is 1.19 bits per heavy atom. The molecule has 0 saturated carbocycles. The zero-order chi connectivity index (χ0) is 20.2. The Bertz CT molecular complexity index is 929. The second-order valence-electron chi connectivity index (χ2n) is 5.46. The lowest BCUT2D eigenvalue weighted by atomic mass is 10.2. The summed E-state index contributed by atoms with van der Waals surface area (Å²) < 4.78 is 32.2. The molecular formula is C17H17ClN2O6S. The highest BCUT2D eigenvalue weighted by Crippen LogP contribution is 2.28. The second-order valence-corrected chi connectivity index (χ2v) is 7.71. The molecule has 0 spiro atoms. The van der Waals surface area contributed by atoms with Crippen molar-refractivity contribution in [3.63, 3.8) is 0 Å². The summed E-state index contributed by atoms with van der Waals surface area (Å²) in [6.45, 7) is 3.10. The molecular weight excluding hydrogens is 396 g/mol. The van der Waals surface area contributed by atoms with Crippen LogP contribution in [0.1, 0.15) is 13.8 Å². The first kappa shape index (κ1) is 20.7. The maximum absolute atomic E-state index is 13.2. The third kappa shape index (κ3) is 4.55. The van der Waals surface area contributed by atoms with Crippen LogP contribution in [0.5, 0.6) is 0 Å². The van der Waals surface area contributed by atoms with E-state index in [1.807, 2.05) is 0 Å². The first-order valence-corrected chi connectivity index (χ1v) is 9.71. The Kier molecular flexibility index (Phi) is 6.40. The van der Waals surface area contributed by atoms with Gasteiger partial charge in [0.05, 0.1) is 22.1 Å². The maximum atomic E-state index is 13.2. The van der Waals surface area contributed by atoms with E-state index in [-0.39, 0.29) is 22.9 Å². The number of carbonyl (C=O) groups is 1. The summed E-state index contributed by atoms with van der Waals surface area (Å²) in [5.41, 5.74) is -0.0382. The second kappa shape index (κ2) is 8.36. The number of ether oxygens (including phenoxy) is 1. The largest absolute Gasteiger partial charge is 0.464 e. The van der Waals surface area contributed by atoms with E-state index in [9.17, 15) is 23.3 Å². The van der Waals surface area contributed by atoms with Gasteiger partial charge in [-0.15, -0.1) is 0 Å². The quantitative estimate of drug-likeness (QED) is 0.392. The summed E-state index contributed by atoms with van der Waals surface area (Å²) in [6, 6.07) is 9.15. The normalized spacial score (nSPS) is 12.3. The van der Waals surface area contributed by atoms with Crippen molar-refractivity contribution in [2.45, 2.75) is 24.8 Å². The standard InChI is InChI=1S/C17H17ClN2O6S/c1-3-26-17(21)12(2)19(14-6-4-13(18)5-7-14)27(24,25)16-10-8-15(9-11-16)20(22)23/h4-12H,3H2,1-2H3/t12-/m1/s1. The van der Waals surface area contributed by atoms with Crippen LogP contribution < -0.4 is 4.31 Å². The fraction of sp³-hybridized carbons (Fsp3) is 0.235. The molecule has 0 aliphatic carbocycles. The molecule has 2 rings (SSSR count). The molecule has 8 nitrogen and oxygen atoms in total. The van der Waals surface area contributed by atoms with Crippen LogP contribution >= 0.6 is 11.6 Å².